The summed E-state index contributed by atoms with van der Waals surface area (Å²) in [5.74, 6) is -1.56. The van der Waals surface area contributed by atoms with Crippen LogP contribution in [0.3, 0.4) is 0 Å². The molecule has 0 radical (unpaired) electrons. The highest BCUT2D eigenvalue weighted by Gasteiger charge is 2.49. The molecule has 5 nitrogen and oxygen atoms in total. The molecule has 1 aromatic rings. The topological polar surface area (TPSA) is 66.8 Å². The summed E-state index contributed by atoms with van der Waals surface area (Å²) in [4.78, 5) is 23.3. The van der Waals surface area contributed by atoms with Gasteiger partial charge < -0.3 is 9.84 Å². The fourth-order valence-electron chi connectivity index (χ4n) is 2.56. The van der Waals surface area contributed by atoms with E-state index in [2.05, 4.69) is 0 Å². The lowest BCUT2D eigenvalue weighted by molar-refractivity contribution is -0.191. The molecule has 1 aromatic carbocycles. The Labute approximate surface area is 130 Å². The smallest absolute Gasteiger partial charge is 0.408 e. The fourth-order valence-corrected chi connectivity index (χ4v) is 2.56. The van der Waals surface area contributed by atoms with E-state index in [1.54, 1.807) is 30.3 Å². The van der Waals surface area contributed by atoms with Gasteiger partial charge in [-0.3, -0.25) is 9.69 Å². The quantitative estimate of drug-likeness (QED) is 0.865. The average molecular weight is 331 g/mol. The number of esters is 1. The van der Waals surface area contributed by atoms with Crippen molar-refractivity contribution >= 4 is 12.1 Å². The molecule has 1 aliphatic heterocycles. The molecular weight excluding hydrogens is 315 g/mol. The van der Waals surface area contributed by atoms with E-state index >= 15 is 0 Å². The number of hydrogen-bond acceptors (Lipinski definition) is 3. The first-order valence-corrected chi connectivity index (χ1v) is 7.06. The molecule has 1 N–H and O–H groups in total. The Morgan fingerprint density at radius 1 is 1.22 bits per heavy atom. The van der Waals surface area contributed by atoms with Gasteiger partial charge in [-0.25, -0.2) is 4.79 Å². The monoisotopic (exact) mass is 331 g/mol. The predicted octanol–water partition coefficient (Wildman–Crippen LogP) is 3.05. The van der Waals surface area contributed by atoms with E-state index in [1.165, 1.54) is 0 Å². The van der Waals surface area contributed by atoms with Gasteiger partial charge in [-0.15, -0.1) is 0 Å². The van der Waals surface area contributed by atoms with Crippen molar-refractivity contribution in [2.45, 2.75) is 31.7 Å². The third kappa shape index (κ3) is 4.37. The van der Waals surface area contributed by atoms with E-state index in [0.29, 0.717) is 0 Å². The van der Waals surface area contributed by atoms with Crippen LogP contribution < -0.4 is 0 Å². The van der Waals surface area contributed by atoms with Crippen molar-refractivity contribution in [3.8, 4) is 0 Å². The van der Waals surface area contributed by atoms with Gasteiger partial charge in [0.2, 0.25) is 0 Å². The zero-order valence-corrected chi connectivity index (χ0v) is 12.1. The van der Waals surface area contributed by atoms with Gasteiger partial charge in [0.25, 0.3) is 0 Å². The Morgan fingerprint density at radius 3 is 2.43 bits per heavy atom. The molecular formula is C15H16F3NO4. The Kier molecular flexibility index (Phi) is 5.12. The number of halogens is 3. The van der Waals surface area contributed by atoms with Gasteiger partial charge in [-0.2, -0.15) is 13.2 Å². The molecule has 0 bridgehead atoms. The molecule has 1 saturated heterocycles. The van der Waals surface area contributed by atoms with E-state index in [4.69, 9.17) is 9.84 Å². The molecule has 8 heteroatoms. The Balaban J connectivity index is 1.96. The molecule has 0 aliphatic carbocycles. The second kappa shape index (κ2) is 6.89. The Bertz CT molecular complexity index is 562. The number of alkyl halides is 3. The van der Waals surface area contributed by atoms with Gasteiger partial charge in [0.1, 0.15) is 12.6 Å². The Hall–Kier alpha value is -2.25. The zero-order valence-electron chi connectivity index (χ0n) is 12.1. The number of rotatable bonds is 3. The molecule has 1 aliphatic rings. The highest BCUT2D eigenvalue weighted by atomic mass is 19.4. The van der Waals surface area contributed by atoms with E-state index in [1.807, 2.05) is 0 Å². The van der Waals surface area contributed by atoms with Gasteiger partial charge in [-0.1, -0.05) is 30.3 Å². The second-order valence-corrected chi connectivity index (χ2v) is 5.36. The van der Waals surface area contributed by atoms with Crippen molar-refractivity contribution in [2.75, 3.05) is 6.54 Å². The van der Waals surface area contributed by atoms with Gasteiger partial charge in [0.05, 0.1) is 5.92 Å². The molecule has 1 heterocycles. The molecule has 1 fully saturated rings. The molecule has 0 spiro atoms. The number of ether oxygens (including phenoxy) is 1. The van der Waals surface area contributed by atoms with Gasteiger partial charge in [0.15, 0.2) is 0 Å². The molecule has 126 valence electrons. The standard InChI is InChI=1S/C15H16F3NO4/c16-15(17,18)12-7-6-11(8-19(12)14(21)22)13(20)23-9-10-4-2-1-3-5-10/h1-5,11-12H,6-9H2,(H,21,22). The van der Waals surface area contributed by atoms with Crippen LogP contribution in [0.5, 0.6) is 0 Å². The number of amides is 1. The molecule has 0 saturated carbocycles. The average Bonchev–Trinajstić information content (AvgIpc) is 2.52. The SMILES string of the molecule is O=C(OCc1ccccc1)C1CCC(C(F)(F)F)N(C(=O)O)C1. The van der Waals surface area contributed by atoms with Crippen LogP contribution >= 0.6 is 0 Å². The normalized spacial score (nSPS) is 21.8. The second-order valence-electron chi connectivity index (χ2n) is 5.36. The number of benzene rings is 1. The molecule has 2 atom stereocenters. The zero-order chi connectivity index (χ0) is 17.0. The number of hydrogen-bond donors (Lipinski definition) is 1. The van der Waals surface area contributed by atoms with Crippen molar-refractivity contribution in [1.82, 2.24) is 4.90 Å². The van der Waals surface area contributed by atoms with Crippen LogP contribution in [0.4, 0.5) is 18.0 Å². The highest BCUT2D eigenvalue weighted by Crippen LogP contribution is 2.34. The van der Waals surface area contributed by atoms with Crippen LogP contribution in [-0.2, 0) is 16.1 Å². The third-order valence-electron chi connectivity index (χ3n) is 3.76. The van der Waals surface area contributed by atoms with Crippen molar-refractivity contribution < 1.29 is 32.6 Å². The van der Waals surface area contributed by atoms with Crippen molar-refractivity contribution in [3.63, 3.8) is 0 Å². The number of carbonyl (C=O) groups excluding carboxylic acids is 1. The van der Waals surface area contributed by atoms with E-state index < -0.39 is 43.2 Å². The summed E-state index contributed by atoms with van der Waals surface area (Å²) in [5.41, 5.74) is 0.750. The summed E-state index contributed by atoms with van der Waals surface area (Å²) in [6.45, 7) is -0.501. The molecule has 23 heavy (non-hydrogen) atoms. The minimum atomic E-state index is -4.64. The van der Waals surface area contributed by atoms with Crippen molar-refractivity contribution in [3.05, 3.63) is 35.9 Å². The highest BCUT2D eigenvalue weighted by molar-refractivity contribution is 5.74. The maximum Gasteiger partial charge on any atom is 0.408 e. The van der Waals surface area contributed by atoms with Gasteiger partial charge in [-0.05, 0) is 18.4 Å². The van der Waals surface area contributed by atoms with E-state index in [0.717, 1.165) is 5.56 Å². The fraction of sp³-hybridized carbons (Fsp3) is 0.467. The minimum absolute atomic E-state index is 0.00590. The van der Waals surface area contributed by atoms with Crippen LogP contribution in [0, 0.1) is 5.92 Å². The summed E-state index contributed by atoms with van der Waals surface area (Å²) >= 11 is 0. The van der Waals surface area contributed by atoms with Gasteiger partial charge >= 0.3 is 18.2 Å². The van der Waals surface area contributed by atoms with E-state index in [9.17, 15) is 22.8 Å². The summed E-state index contributed by atoms with van der Waals surface area (Å²) in [6, 6.07) is 6.76. The Morgan fingerprint density at radius 2 is 1.87 bits per heavy atom. The maximum atomic E-state index is 12.8. The number of piperidine rings is 1. The number of carboxylic acid groups (broad SMARTS) is 1. The number of carbonyl (C=O) groups is 2. The first-order valence-electron chi connectivity index (χ1n) is 7.06. The molecule has 2 rings (SSSR count). The number of nitrogens with zero attached hydrogens (tertiary/aromatic N) is 1. The minimum Gasteiger partial charge on any atom is -0.465 e. The lowest BCUT2D eigenvalue weighted by Gasteiger charge is -2.37. The van der Waals surface area contributed by atoms with Crippen LogP contribution in [-0.4, -0.2) is 40.8 Å². The van der Waals surface area contributed by atoms with Gasteiger partial charge in [0, 0.05) is 6.54 Å². The molecule has 0 aromatic heterocycles. The van der Waals surface area contributed by atoms with Crippen molar-refractivity contribution in [2.24, 2.45) is 5.92 Å². The van der Waals surface area contributed by atoms with E-state index in [-0.39, 0.29) is 17.9 Å². The number of likely N-dealkylation sites (tertiary alicyclic amines) is 1. The lowest BCUT2D eigenvalue weighted by atomic mass is 9.92. The predicted molar refractivity (Wildman–Crippen MR) is 73.5 cm³/mol. The van der Waals surface area contributed by atoms with Crippen molar-refractivity contribution in [1.29, 1.82) is 0 Å². The molecule has 2 unspecified atom stereocenters. The first-order chi connectivity index (χ1) is 10.8. The third-order valence-corrected chi connectivity index (χ3v) is 3.76. The van der Waals surface area contributed by atoms with Crippen LogP contribution in [0.25, 0.3) is 0 Å². The largest absolute Gasteiger partial charge is 0.465 e. The summed E-state index contributed by atoms with van der Waals surface area (Å²) in [6.07, 6.45) is -6.83. The lowest BCUT2D eigenvalue weighted by Crippen LogP contribution is -2.54. The first kappa shape index (κ1) is 17.1. The summed E-state index contributed by atoms with van der Waals surface area (Å²) < 4.78 is 43.6. The summed E-state index contributed by atoms with van der Waals surface area (Å²) in [7, 11) is 0. The van der Waals surface area contributed by atoms with Crippen LogP contribution in [0.2, 0.25) is 0 Å². The summed E-state index contributed by atoms with van der Waals surface area (Å²) in [5, 5.41) is 8.95. The maximum absolute atomic E-state index is 12.8. The van der Waals surface area contributed by atoms with Crippen LogP contribution in [0.1, 0.15) is 18.4 Å². The van der Waals surface area contributed by atoms with Crippen LogP contribution in [0.15, 0.2) is 30.3 Å². The molecule has 1 amide bonds.